The van der Waals surface area contributed by atoms with Gasteiger partial charge in [-0.05, 0) is 57.8 Å². The Labute approximate surface area is 111 Å². The van der Waals surface area contributed by atoms with E-state index in [2.05, 4.69) is 29.4 Å². The van der Waals surface area contributed by atoms with Gasteiger partial charge in [-0.1, -0.05) is 13.8 Å². The standard InChI is InChI=1S/C14H29N3O/c1-12(2)4-7-16-14(18)11-17-8-5-13(6-9-17)10-15-3/h12-13,15H,4-11H2,1-3H3,(H,16,18). The third kappa shape index (κ3) is 6.36. The highest BCUT2D eigenvalue weighted by atomic mass is 16.2. The second-order valence-corrected chi connectivity index (χ2v) is 5.81. The molecule has 1 aliphatic rings. The summed E-state index contributed by atoms with van der Waals surface area (Å²) in [6.07, 6.45) is 3.48. The second kappa shape index (κ2) is 8.48. The number of rotatable bonds is 7. The lowest BCUT2D eigenvalue weighted by molar-refractivity contribution is -0.122. The zero-order valence-electron chi connectivity index (χ0n) is 12.2. The second-order valence-electron chi connectivity index (χ2n) is 5.81. The summed E-state index contributed by atoms with van der Waals surface area (Å²) in [7, 11) is 2.01. The van der Waals surface area contributed by atoms with Gasteiger partial charge in [0, 0.05) is 6.54 Å². The van der Waals surface area contributed by atoms with Crippen molar-refractivity contribution in [2.75, 3.05) is 39.8 Å². The quantitative estimate of drug-likeness (QED) is 0.715. The summed E-state index contributed by atoms with van der Waals surface area (Å²) in [4.78, 5) is 14.0. The SMILES string of the molecule is CNCC1CCN(CC(=O)NCCC(C)C)CC1. The van der Waals surface area contributed by atoms with Crippen LogP contribution in [-0.4, -0.2) is 50.6 Å². The molecule has 1 saturated heterocycles. The minimum atomic E-state index is 0.183. The first kappa shape index (κ1) is 15.4. The van der Waals surface area contributed by atoms with Crippen LogP contribution in [0.4, 0.5) is 0 Å². The Bertz CT molecular complexity index is 235. The van der Waals surface area contributed by atoms with Gasteiger partial charge in [-0.25, -0.2) is 0 Å². The van der Waals surface area contributed by atoms with Gasteiger partial charge in [-0.2, -0.15) is 0 Å². The van der Waals surface area contributed by atoms with Crippen LogP contribution in [0.3, 0.4) is 0 Å². The van der Waals surface area contributed by atoms with Gasteiger partial charge < -0.3 is 10.6 Å². The molecule has 0 bridgehead atoms. The van der Waals surface area contributed by atoms with E-state index in [1.54, 1.807) is 0 Å². The van der Waals surface area contributed by atoms with Gasteiger partial charge >= 0.3 is 0 Å². The largest absolute Gasteiger partial charge is 0.355 e. The molecule has 0 aromatic carbocycles. The first-order valence-corrected chi connectivity index (χ1v) is 7.25. The van der Waals surface area contributed by atoms with E-state index in [-0.39, 0.29) is 5.91 Å². The molecule has 2 N–H and O–H groups in total. The van der Waals surface area contributed by atoms with Gasteiger partial charge in [-0.15, -0.1) is 0 Å². The molecule has 0 aromatic heterocycles. The molecule has 1 aliphatic heterocycles. The smallest absolute Gasteiger partial charge is 0.234 e. The summed E-state index contributed by atoms with van der Waals surface area (Å²) in [5.41, 5.74) is 0. The molecule has 0 unspecified atom stereocenters. The molecule has 106 valence electrons. The Hall–Kier alpha value is -0.610. The van der Waals surface area contributed by atoms with Crippen LogP contribution in [0.1, 0.15) is 33.1 Å². The first-order valence-electron chi connectivity index (χ1n) is 7.25. The number of amides is 1. The highest BCUT2D eigenvalue weighted by molar-refractivity contribution is 5.77. The molecule has 0 atom stereocenters. The van der Waals surface area contributed by atoms with Gasteiger partial charge in [0.1, 0.15) is 0 Å². The van der Waals surface area contributed by atoms with Crippen LogP contribution in [-0.2, 0) is 4.79 Å². The van der Waals surface area contributed by atoms with Gasteiger partial charge in [0.05, 0.1) is 6.54 Å². The Morgan fingerprint density at radius 3 is 2.56 bits per heavy atom. The number of carbonyl (C=O) groups is 1. The van der Waals surface area contributed by atoms with Crippen molar-refractivity contribution in [2.24, 2.45) is 11.8 Å². The molecule has 0 aromatic rings. The van der Waals surface area contributed by atoms with Crippen LogP contribution in [0.15, 0.2) is 0 Å². The maximum Gasteiger partial charge on any atom is 0.234 e. The molecule has 1 heterocycles. The molecule has 0 spiro atoms. The lowest BCUT2D eigenvalue weighted by Crippen LogP contribution is -2.43. The normalized spacial score (nSPS) is 18.2. The summed E-state index contributed by atoms with van der Waals surface area (Å²) in [5.74, 6) is 1.63. The number of hydrogen-bond donors (Lipinski definition) is 2. The summed E-state index contributed by atoms with van der Waals surface area (Å²) in [6.45, 7) is 8.97. The Morgan fingerprint density at radius 2 is 2.00 bits per heavy atom. The van der Waals surface area contributed by atoms with Gasteiger partial charge in [0.15, 0.2) is 0 Å². The minimum Gasteiger partial charge on any atom is -0.355 e. The van der Waals surface area contributed by atoms with Gasteiger partial charge in [0.2, 0.25) is 5.91 Å². The zero-order valence-corrected chi connectivity index (χ0v) is 12.2. The fraction of sp³-hybridized carbons (Fsp3) is 0.929. The average Bonchev–Trinajstić information content (AvgIpc) is 2.31. The zero-order chi connectivity index (χ0) is 13.4. The highest BCUT2D eigenvalue weighted by Gasteiger charge is 2.19. The molecular formula is C14H29N3O. The molecule has 0 radical (unpaired) electrons. The molecule has 1 fully saturated rings. The van der Waals surface area contributed by atoms with E-state index in [0.29, 0.717) is 12.5 Å². The molecule has 18 heavy (non-hydrogen) atoms. The van der Waals surface area contributed by atoms with E-state index >= 15 is 0 Å². The first-order chi connectivity index (χ1) is 8.61. The molecule has 0 saturated carbocycles. The molecular weight excluding hydrogens is 226 g/mol. The highest BCUT2D eigenvalue weighted by Crippen LogP contribution is 2.15. The van der Waals surface area contributed by atoms with Crippen LogP contribution >= 0.6 is 0 Å². The molecule has 4 heteroatoms. The van der Waals surface area contributed by atoms with Crippen molar-refractivity contribution in [1.82, 2.24) is 15.5 Å². The van der Waals surface area contributed by atoms with E-state index < -0.39 is 0 Å². The number of hydrogen-bond acceptors (Lipinski definition) is 3. The molecule has 1 rings (SSSR count). The van der Waals surface area contributed by atoms with Crippen LogP contribution in [0, 0.1) is 11.8 Å². The summed E-state index contributed by atoms with van der Waals surface area (Å²) >= 11 is 0. The van der Waals surface area contributed by atoms with E-state index in [1.165, 1.54) is 12.8 Å². The van der Waals surface area contributed by atoms with Gasteiger partial charge in [-0.3, -0.25) is 9.69 Å². The predicted octanol–water partition coefficient (Wildman–Crippen LogP) is 1.08. The number of carbonyl (C=O) groups excluding carboxylic acids is 1. The van der Waals surface area contributed by atoms with E-state index in [1.807, 2.05) is 7.05 Å². The van der Waals surface area contributed by atoms with E-state index in [4.69, 9.17) is 0 Å². The van der Waals surface area contributed by atoms with Crippen molar-refractivity contribution in [3.63, 3.8) is 0 Å². The molecule has 0 aliphatic carbocycles. The monoisotopic (exact) mass is 255 g/mol. The molecule has 4 nitrogen and oxygen atoms in total. The van der Waals surface area contributed by atoms with Gasteiger partial charge in [0.25, 0.3) is 0 Å². The summed E-state index contributed by atoms with van der Waals surface area (Å²) < 4.78 is 0. The molecule has 1 amide bonds. The lowest BCUT2D eigenvalue weighted by atomic mass is 9.97. The number of likely N-dealkylation sites (tertiary alicyclic amines) is 1. The van der Waals surface area contributed by atoms with Crippen molar-refractivity contribution in [2.45, 2.75) is 33.1 Å². The van der Waals surface area contributed by atoms with Crippen molar-refractivity contribution in [1.29, 1.82) is 0 Å². The Balaban J connectivity index is 2.10. The van der Waals surface area contributed by atoms with Crippen LogP contribution in [0.25, 0.3) is 0 Å². The predicted molar refractivity (Wildman–Crippen MR) is 75.6 cm³/mol. The van der Waals surface area contributed by atoms with Crippen LogP contribution in [0.2, 0.25) is 0 Å². The summed E-state index contributed by atoms with van der Waals surface area (Å²) in [6, 6.07) is 0. The van der Waals surface area contributed by atoms with Crippen LogP contribution < -0.4 is 10.6 Å². The van der Waals surface area contributed by atoms with Crippen molar-refractivity contribution in [3.05, 3.63) is 0 Å². The van der Waals surface area contributed by atoms with Crippen molar-refractivity contribution in [3.8, 4) is 0 Å². The Kier molecular flexibility index (Phi) is 7.28. The lowest BCUT2D eigenvalue weighted by Gasteiger charge is -2.31. The maximum atomic E-state index is 11.7. The van der Waals surface area contributed by atoms with Crippen molar-refractivity contribution < 1.29 is 4.79 Å². The van der Waals surface area contributed by atoms with Crippen molar-refractivity contribution >= 4 is 5.91 Å². The van der Waals surface area contributed by atoms with E-state index in [0.717, 1.165) is 38.5 Å². The number of nitrogens with zero attached hydrogens (tertiary/aromatic N) is 1. The van der Waals surface area contributed by atoms with E-state index in [9.17, 15) is 4.79 Å². The fourth-order valence-corrected chi connectivity index (χ4v) is 2.40. The van der Waals surface area contributed by atoms with Crippen LogP contribution in [0.5, 0.6) is 0 Å². The third-order valence-electron chi connectivity index (χ3n) is 3.61. The summed E-state index contributed by atoms with van der Waals surface area (Å²) in [5, 5.41) is 6.24. The number of piperidine rings is 1. The Morgan fingerprint density at radius 1 is 1.33 bits per heavy atom. The topological polar surface area (TPSA) is 44.4 Å². The minimum absolute atomic E-state index is 0.183. The average molecular weight is 255 g/mol. The third-order valence-corrected chi connectivity index (χ3v) is 3.61. The maximum absolute atomic E-state index is 11.7. The fourth-order valence-electron chi connectivity index (χ4n) is 2.40. The number of nitrogens with one attached hydrogen (secondary N) is 2.